The predicted molar refractivity (Wildman–Crippen MR) is 276 cm³/mol. The number of halogens is 3. The van der Waals surface area contributed by atoms with Crippen molar-refractivity contribution in [2.45, 2.75) is 76.4 Å². The Morgan fingerprint density at radius 3 is 2.58 bits per heavy atom. The summed E-state index contributed by atoms with van der Waals surface area (Å²) in [5.41, 5.74) is 0.981. The van der Waals surface area contributed by atoms with Gasteiger partial charge in [0, 0.05) is 78.4 Å². The molecule has 3 atom stereocenters. The Morgan fingerprint density at radius 1 is 0.987 bits per heavy atom. The number of hydrogen-bond acceptors (Lipinski definition) is 14. The number of terminal acetylenes is 1. The van der Waals surface area contributed by atoms with E-state index in [1.54, 1.807) is 28.5 Å². The van der Waals surface area contributed by atoms with Crippen LogP contribution in [0, 0.1) is 24.0 Å². The van der Waals surface area contributed by atoms with Crippen LogP contribution in [0.25, 0.3) is 55.2 Å². The maximum atomic E-state index is 17.2. The fraction of sp³-hybridized carbons (Fsp3) is 0.351. The minimum Gasteiger partial charge on any atom is -0.508 e. The van der Waals surface area contributed by atoms with Crippen LogP contribution in [0.15, 0.2) is 71.7 Å². The zero-order valence-corrected chi connectivity index (χ0v) is 41.7. The van der Waals surface area contributed by atoms with E-state index in [4.69, 9.17) is 30.6 Å². The second-order valence-electron chi connectivity index (χ2n) is 20.3. The molecule has 1 amide bonds. The van der Waals surface area contributed by atoms with Crippen molar-refractivity contribution >= 4 is 50.3 Å². The highest BCUT2D eigenvalue weighted by atomic mass is 19.1. The van der Waals surface area contributed by atoms with Gasteiger partial charge < -0.3 is 38.8 Å². The van der Waals surface area contributed by atoms with Crippen molar-refractivity contribution in [1.29, 1.82) is 0 Å². The minimum atomic E-state index is -1.94. The SMILES string of the molecule is C#Cc1c(F)ccc2cc(O)cc(-c3ncc4c(N5CCN(C(=O)C(=C)COc6ccc7nc8c(c(CC)c7c6)Cn6c-8cc7c(c6=O)COC(=O)[C@]7(O)CC)CC5)nc(OC[C@@]56CCCN5C[C@H](F)C6)nc4c3F)c12. The molecule has 0 bridgehead atoms. The smallest absolute Gasteiger partial charge is 0.343 e. The molecule has 9 heterocycles. The van der Waals surface area contributed by atoms with Crippen molar-refractivity contribution in [2.75, 3.05) is 57.4 Å². The summed E-state index contributed by atoms with van der Waals surface area (Å²) in [7, 11) is 0. The van der Waals surface area contributed by atoms with Crippen LogP contribution in [0.4, 0.5) is 19.0 Å². The molecule has 4 aromatic heterocycles. The first kappa shape index (κ1) is 48.8. The summed E-state index contributed by atoms with van der Waals surface area (Å²) in [5, 5.41) is 23.7. The van der Waals surface area contributed by atoms with Gasteiger partial charge in [0.15, 0.2) is 11.4 Å². The summed E-state index contributed by atoms with van der Waals surface area (Å²) >= 11 is 0. The number of pyridine rings is 3. The highest BCUT2D eigenvalue weighted by Gasteiger charge is 2.50. The quantitative estimate of drug-likeness (QED) is 0.0766. The molecule has 16 nitrogen and oxygen atoms in total. The number of carbonyl (C=O) groups is 2. The van der Waals surface area contributed by atoms with Crippen molar-refractivity contribution in [3.63, 3.8) is 0 Å². The lowest BCUT2D eigenvalue weighted by atomic mass is 9.86. The monoisotopic (exact) mass is 1030 g/mol. The molecule has 388 valence electrons. The number of cyclic esters (lactones) is 1. The van der Waals surface area contributed by atoms with Crippen molar-refractivity contribution in [1.82, 2.24) is 34.3 Å². The van der Waals surface area contributed by atoms with E-state index in [1.165, 1.54) is 30.5 Å². The molecule has 3 fully saturated rings. The molecule has 0 radical (unpaired) electrons. The average Bonchev–Trinajstić information content (AvgIpc) is 4.10. The Labute approximate surface area is 433 Å². The van der Waals surface area contributed by atoms with Crippen LogP contribution in [-0.2, 0) is 39.5 Å². The Morgan fingerprint density at radius 2 is 1.80 bits per heavy atom. The molecule has 3 saturated heterocycles. The highest BCUT2D eigenvalue weighted by molar-refractivity contribution is 6.03. The van der Waals surface area contributed by atoms with Crippen LogP contribution < -0.4 is 19.9 Å². The van der Waals surface area contributed by atoms with Gasteiger partial charge in [-0.2, -0.15) is 9.97 Å². The second kappa shape index (κ2) is 18.3. The van der Waals surface area contributed by atoms with E-state index >= 15 is 8.78 Å². The number of anilines is 1. The number of piperazine rings is 1. The van der Waals surface area contributed by atoms with Crippen LogP contribution in [0.5, 0.6) is 17.5 Å². The number of benzene rings is 3. The fourth-order valence-corrected chi connectivity index (χ4v) is 12.1. The predicted octanol–water partition coefficient (Wildman–Crippen LogP) is 7.00. The molecular formula is C57H51F3N8O8. The minimum absolute atomic E-state index is 0.0372. The largest absolute Gasteiger partial charge is 0.508 e. The van der Waals surface area contributed by atoms with Gasteiger partial charge in [-0.3, -0.25) is 19.5 Å². The second-order valence-corrected chi connectivity index (χ2v) is 20.3. The zero-order valence-electron chi connectivity index (χ0n) is 41.7. The molecule has 19 heteroatoms. The van der Waals surface area contributed by atoms with Crippen molar-refractivity contribution < 1.29 is 47.2 Å². The third kappa shape index (κ3) is 7.70. The molecule has 3 aromatic carbocycles. The Balaban J connectivity index is 0.784. The Bertz CT molecular complexity index is 3780. The van der Waals surface area contributed by atoms with E-state index in [0.29, 0.717) is 53.2 Å². The number of nitrogens with zero attached hydrogens (tertiary/aromatic N) is 8. The van der Waals surface area contributed by atoms with Gasteiger partial charge in [0.25, 0.3) is 11.5 Å². The van der Waals surface area contributed by atoms with Gasteiger partial charge in [-0.15, -0.1) is 6.42 Å². The third-order valence-electron chi connectivity index (χ3n) is 16.0. The van der Waals surface area contributed by atoms with Gasteiger partial charge in [-0.25, -0.2) is 22.9 Å². The summed E-state index contributed by atoms with van der Waals surface area (Å²) in [6, 6.07) is 12.3. The van der Waals surface area contributed by atoms with Crippen LogP contribution in [0.1, 0.15) is 67.3 Å². The highest BCUT2D eigenvalue weighted by Crippen LogP contribution is 2.44. The normalized spacial score (nSPS) is 20.9. The first-order valence-corrected chi connectivity index (χ1v) is 25.4. The number of aliphatic hydroxyl groups is 1. The third-order valence-corrected chi connectivity index (χ3v) is 16.0. The van der Waals surface area contributed by atoms with Crippen LogP contribution in [0.3, 0.4) is 0 Å². The first-order chi connectivity index (χ1) is 36.6. The van der Waals surface area contributed by atoms with Crippen LogP contribution >= 0.6 is 0 Å². The molecule has 7 aromatic rings. The number of alkyl halides is 1. The number of aromatic hydroxyl groups is 1. The molecule has 76 heavy (non-hydrogen) atoms. The van der Waals surface area contributed by atoms with E-state index in [9.17, 15) is 29.0 Å². The Kier molecular flexibility index (Phi) is 11.8. The number of fused-ring (bicyclic) bond motifs is 8. The van der Waals surface area contributed by atoms with Gasteiger partial charge in [-0.1, -0.05) is 32.4 Å². The first-order valence-electron chi connectivity index (χ1n) is 25.4. The lowest BCUT2D eigenvalue weighted by molar-refractivity contribution is -0.172. The molecule has 0 unspecified atom stereocenters. The number of phenolic OH excluding ortho intramolecular Hbond substituents is 1. The van der Waals surface area contributed by atoms with Gasteiger partial charge in [0.2, 0.25) is 0 Å². The summed E-state index contributed by atoms with van der Waals surface area (Å²) < 4.78 is 66.5. The van der Waals surface area contributed by atoms with E-state index < -0.39 is 34.9 Å². The van der Waals surface area contributed by atoms with Crippen LogP contribution in [0.2, 0.25) is 0 Å². The summed E-state index contributed by atoms with van der Waals surface area (Å²) in [6.07, 6.45) is 8.68. The van der Waals surface area contributed by atoms with Crippen LogP contribution in [-0.4, -0.2) is 121 Å². The molecule has 0 spiro atoms. The summed E-state index contributed by atoms with van der Waals surface area (Å²) in [5.74, 6) is 0.226. The van der Waals surface area contributed by atoms with Crippen molar-refractivity contribution in [2.24, 2.45) is 0 Å². The number of rotatable bonds is 11. The van der Waals surface area contributed by atoms with E-state index in [-0.39, 0.29) is 132 Å². The molecule has 5 aliphatic rings. The molecule has 5 aliphatic heterocycles. The molecule has 2 N–H and O–H groups in total. The lowest BCUT2D eigenvalue weighted by Gasteiger charge is -2.36. The number of hydrogen-bond donors (Lipinski definition) is 2. The number of amides is 1. The summed E-state index contributed by atoms with van der Waals surface area (Å²) in [4.78, 5) is 65.0. The Hall–Kier alpha value is -8.08. The molecule has 0 saturated carbocycles. The van der Waals surface area contributed by atoms with Crippen molar-refractivity contribution in [3.8, 4) is 52.5 Å². The van der Waals surface area contributed by atoms with E-state index in [0.717, 1.165) is 35.9 Å². The number of aromatic nitrogens is 5. The molecular weight excluding hydrogens is 982 g/mol. The number of ether oxygens (including phenoxy) is 3. The standard InChI is InChI=1S/C57H51F3N8O8/c1-5-35-37-21-34(10-12-44(37)62-48-40(35)26-68-45(48)22-42-41(53(68)71)28-75-54(72)57(42,73)7-3)74-27-30(4)52(70)66-17-15-65(16-18-66)51-39-24-61-49(38-20-33(69)19-31-9-11-43(59)36(6-2)46(31)38)47(60)50(39)63-55(64-51)76-29-56-13-8-14-67(56)25-32(58)23-56/h2,9-12,19-22,24,32,69,73H,4-5,7-8,13-18,23,25-29H2,1,3H3/t32-,56+,57+/m1/s1. The zero-order chi connectivity index (χ0) is 52.9. The van der Waals surface area contributed by atoms with Gasteiger partial charge in [0.05, 0.1) is 45.5 Å². The lowest BCUT2D eigenvalue weighted by Crippen LogP contribution is -2.49. The average molecular weight is 1030 g/mol. The molecule has 12 rings (SSSR count). The summed E-state index contributed by atoms with van der Waals surface area (Å²) in [6.45, 7) is 9.79. The number of phenols is 1. The van der Waals surface area contributed by atoms with Gasteiger partial charge >= 0.3 is 12.0 Å². The van der Waals surface area contributed by atoms with Gasteiger partial charge in [0.1, 0.15) is 60.3 Å². The topological polar surface area (TPSA) is 186 Å². The maximum Gasteiger partial charge on any atom is 0.343 e. The number of esters is 1. The number of carbonyl (C=O) groups excluding carboxylic acids is 2. The van der Waals surface area contributed by atoms with E-state index in [2.05, 4.69) is 27.4 Å². The van der Waals surface area contributed by atoms with Gasteiger partial charge in [-0.05, 0) is 85.6 Å². The molecule has 0 aliphatic carbocycles. The number of aryl methyl sites for hydroxylation is 1. The van der Waals surface area contributed by atoms with E-state index in [1.807, 2.05) is 24.0 Å². The fourth-order valence-electron chi connectivity index (χ4n) is 12.1. The maximum absolute atomic E-state index is 17.2. The van der Waals surface area contributed by atoms with Crippen molar-refractivity contribution in [3.05, 3.63) is 117 Å².